The van der Waals surface area contributed by atoms with Crippen LogP contribution in [0.3, 0.4) is 0 Å². The standard InChI is InChI=1S/C31H28O9/c1-17(2)28(33)37-23-13-21(14-24(16-23)38-29(34)18(3)4)9-11-25(32)22-10-12-26(39-30(35)19(5)6)27(15-22)40-31(36)20(7)8/h9-16H,1,3,5,7H2,2,4,6,8H3. The minimum Gasteiger partial charge on any atom is -0.423 e. The number of allylic oxidation sites excluding steroid dienone is 1. The number of hydrogen-bond donors (Lipinski definition) is 0. The number of ketones is 1. The van der Waals surface area contributed by atoms with Crippen LogP contribution in [0.25, 0.3) is 6.08 Å². The summed E-state index contributed by atoms with van der Waals surface area (Å²) in [5.74, 6) is -3.63. The summed E-state index contributed by atoms with van der Waals surface area (Å²) in [6, 6.07) is 8.13. The number of carbonyl (C=O) groups is 5. The number of hydrogen-bond acceptors (Lipinski definition) is 9. The van der Waals surface area contributed by atoms with Crippen molar-refractivity contribution in [3.8, 4) is 23.0 Å². The normalized spacial score (nSPS) is 10.3. The number of ether oxygens (including phenoxy) is 4. The van der Waals surface area contributed by atoms with Gasteiger partial charge in [0.15, 0.2) is 17.3 Å². The second-order valence-corrected chi connectivity index (χ2v) is 8.78. The SMILES string of the molecule is C=C(C)C(=O)Oc1cc(C=CC(=O)c2ccc(OC(=O)C(=C)C)c(OC(=O)C(=C)C)c2)cc(OC(=O)C(=C)C)c1. The van der Waals surface area contributed by atoms with Gasteiger partial charge < -0.3 is 18.9 Å². The van der Waals surface area contributed by atoms with E-state index < -0.39 is 29.7 Å². The summed E-state index contributed by atoms with van der Waals surface area (Å²) in [6.45, 7) is 19.9. The second kappa shape index (κ2) is 13.5. The summed E-state index contributed by atoms with van der Waals surface area (Å²) in [5, 5.41) is 0. The highest BCUT2D eigenvalue weighted by atomic mass is 16.6. The number of esters is 4. The molecule has 206 valence electrons. The molecule has 0 aromatic heterocycles. The third kappa shape index (κ3) is 8.91. The van der Waals surface area contributed by atoms with Crippen molar-refractivity contribution in [3.05, 3.63) is 102 Å². The molecule has 40 heavy (non-hydrogen) atoms. The molecule has 0 aliphatic heterocycles. The number of carbonyl (C=O) groups excluding carboxylic acids is 5. The van der Waals surface area contributed by atoms with E-state index in [-0.39, 0.29) is 50.9 Å². The predicted octanol–water partition coefficient (Wildman–Crippen LogP) is 5.51. The average molecular weight is 545 g/mol. The Morgan fingerprint density at radius 1 is 0.575 bits per heavy atom. The quantitative estimate of drug-likeness (QED) is 0.156. The fourth-order valence-corrected chi connectivity index (χ4v) is 2.66. The van der Waals surface area contributed by atoms with Crippen LogP contribution in [-0.2, 0) is 19.2 Å². The molecule has 0 unspecified atom stereocenters. The zero-order valence-corrected chi connectivity index (χ0v) is 22.6. The van der Waals surface area contributed by atoms with Gasteiger partial charge in [-0.25, -0.2) is 19.2 Å². The zero-order chi connectivity index (χ0) is 30.1. The molecule has 0 amide bonds. The van der Waals surface area contributed by atoms with Gasteiger partial charge in [-0.2, -0.15) is 0 Å². The van der Waals surface area contributed by atoms with Gasteiger partial charge in [-0.1, -0.05) is 32.4 Å². The van der Waals surface area contributed by atoms with Crippen LogP contribution >= 0.6 is 0 Å². The van der Waals surface area contributed by atoms with Crippen LogP contribution in [-0.4, -0.2) is 29.7 Å². The van der Waals surface area contributed by atoms with E-state index in [9.17, 15) is 24.0 Å². The van der Waals surface area contributed by atoms with Crippen LogP contribution < -0.4 is 18.9 Å². The molecule has 0 saturated carbocycles. The van der Waals surface area contributed by atoms with Gasteiger partial charge in [0.2, 0.25) is 0 Å². The van der Waals surface area contributed by atoms with Crippen molar-refractivity contribution >= 4 is 35.7 Å². The monoisotopic (exact) mass is 544 g/mol. The molecular weight excluding hydrogens is 516 g/mol. The molecule has 0 fully saturated rings. The summed E-state index contributed by atoms with van der Waals surface area (Å²) in [4.78, 5) is 61.1. The second-order valence-electron chi connectivity index (χ2n) is 8.78. The summed E-state index contributed by atoms with van der Waals surface area (Å²) in [5.41, 5.74) is 0.948. The first-order chi connectivity index (χ1) is 18.7. The molecule has 0 radical (unpaired) electrons. The lowest BCUT2D eigenvalue weighted by atomic mass is 10.1. The molecule has 0 aliphatic carbocycles. The van der Waals surface area contributed by atoms with Crippen LogP contribution in [0.4, 0.5) is 0 Å². The molecule has 0 bridgehead atoms. The summed E-state index contributed by atoms with van der Waals surface area (Å²) in [7, 11) is 0. The summed E-state index contributed by atoms with van der Waals surface area (Å²) >= 11 is 0. The molecule has 9 heteroatoms. The molecule has 9 nitrogen and oxygen atoms in total. The average Bonchev–Trinajstić information content (AvgIpc) is 2.87. The fourth-order valence-electron chi connectivity index (χ4n) is 2.66. The van der Waals surface area contributed by atoms with Crippen molar-refractivity contribution in [2.75, 3.05) is 0 Å². The molecular formula is C31H28O9. The lowest BCUT2D eigenvalue weighted by Gasteiger charge is -2.11. The third-order valence-corrected chi connectivity index (χ3v) is 4.78. The van der Waals surface area contributed by atoms with Crippen molar-refractivity contribution in [1.29, 1.82) is 0 Å². The van der Waals surface area contributed by atoms with E-state index in [1.807, 2.05) is 0 Å². The third-order valence-electron chi connectivity index (χ3n) is 4.78. The smallest absolute Gasteiger partial charge is 0.338 e. The Bertz CT molecular complexity index is 1440. The minimum atomic E-state index is -0.786. The Morgan fingerprint density at radius 3 is 1.45 bits per heavy atom. The van der Waals surface area contributed by atoms with E-state index in [1.165, 1.54) is 76.2 Å². The van der Waals surface area contributed by atoms with Crippen LogP contribution in [0.2, 0.25) is 0 Å². The molecule has 0 N–H and O–H groups in total. The van der Waals surface area contributed by atoms with Crippen molar-refractivity contribution < 1.29 is 42.9 Å². The van der Waals surface area contributed by atoms with Gasteiger partial charge in [-0.15, -0.1) is 0 Å². The minimum absolute atomic E-state index is 0.0461. The van der Waals surface area contributed by atoms with E-state index in [0.717, 1.165) is 0 Å². The van der Waals surface area contributed by atoms with Gasteiger partial charge in [-0.3, -0.25) is 4.79 Å². The number of rotatable bonds is 11. The Hall–Kier alpha value is -5.31. The van der Waals surface area contributed by atoms with Gasteiger partial charge in [0.25, 0.3) is 0 Å². The molecule has 2 aromatic rings. The van der Waals surface area contributed by atoms with Crippen molar-refractivity contribution in [2.24, 2.45) is 0 Å². The predicted molar refractivity (Wildman–Crippen MR) is 148 cm³/mol. The largest absolute Gasteiger partial charge is 0.423 e. The van der Waals surface area contributed by atoms with Gasteiger partial charge >= 0.3 is 23.9 Å². The van der Waals surface area contributed by atoms with E-state index in [4.69, 9.17) is 18.9 Å². The lowest BCUT2D eigenvalue weighted by Crippen LogP contribution is -2.13. The van der Waals surface area contributed by atoms with E-state index in [1.54, 1.807) is 0 Å². The highest BCUT2D eigenvalue weighted by Gasteiger charge is 2.17. The van der Waals surface area contributed by atoms with Gasteiger partial charge in [0.05, 0.1) is 0 Å². The Labute approximate surface area is 231 Å². The first kappa shape index (κ1) is 30.9. The lowest BCUT2D eigenvalue weighted by molar-refractivity contribution is -0.132. The van der Waals surface area contributed by atoms with Crippen LogP contribution in [0.5, 0.6) is 23.0 Å². The Kier molecular flexibility index (Phi) is 10.4. The first-order valence-corrected chi connectivity index (χ1v) is 11.7. The van der Waals surface area contributed by atoms with Crippen molar-refractivity contribution in [2.45, 2.75) is 27.7 Å². The van der Waals surface area contributed by atoms with Crippen LogP contribution in [0.15, 0.2) is 91.1 Å². The van der Waals surface area contributed by atoms with E-state index in [2.05, 4.69) is 26.3 Å². The Morgan fingerprint density at radius 2 is 1.00 bits per heavy atom. The van der Waals surface area contributed by atoms with Gasteiger partial charge in [-0.05, 0) is 69.7 Å². The van der Waals surface area contributed by atoms with Crippen molar-refractivity contribution in [1.82, 2.24) is 0 Å². The van der Waals surface area contributed by atoms with E-state index in [0.29, 0.717) is 5.56 Å². The topological polar surface area (TPSA) is 122 Å². The Balaban J connectivity index is 2.43. The molecule has 0 aliphatic rings. The first-order valence-electron chi connectivity index (χ1n) is 11.7. The van der Waals surface area contributed by atoms with Crippen LogP contribution in [0.1, 0.15) is 43.6 Å². The van der Waals surface area contributed by atoms with Gasteiger partial charge in [0, 0.05) is 33.9 Å². The molecule has 2 aromatic carbocycles. The molecule has 2 rings (SSSR count). The van der Waals surface area contributed by atoms with E-state index >= 15 is 0 Å². The fraction of sp³-hybridized carbons (Fsp3) is 0.129. The molecule has 0 atom stereocenters. The molecule has 0 saturated heterocycles. The highest BCUT2D eigenvalue weighted by molar-refractivity contribution is 6.07. The summed E-state index contributed by atoms with van der Waals surface area (Å²) in [6.07, 6.45) is 2.59. The maximum atomic E-state index is 13.0. The highest BCUT2D eigenvalue weighted by Crippen LogP contribution is 2.31. The maximum absolute atomic E-state index is 13.0. The van der Waals surface area contributed by atoms with Gasteiger partial charge in [0.1, 0.15) is 11.5 Å². The van der Waals surface area contributed by atoms with Crippen molar-refractivity contribution in [3.63, 3.8) is 0 Å². The maximum Gasteiger partial charge on any atom is 0.338 e. The molecule has 0 spiro atoms. The number of benzene rings is 2. The molecule has 0 heterocycles. The summed E-state index contributed by atoms with van der Waals surface area (Å²) < 4.78 is 21.0. The zero-order valence-electron chi connectivity index (χ0n) is 22.6. The van der Waals surface area contributed by atoms with Crippen LogP contribution in [0, 0.1) is 0 Å².